The Labute approximate surface area is 122 Å². The van der Waals surface area contributed by atoms with Crippen LogP contribution in [0.4, 0.5) is 0 Å². The van der Waals surface area contributed by atoms with Crippen LogP contribution in [0.1, 0.15) is 13.3 Å². The monoisotopic (exact) mass is 325 g/mol. The summed E-state index contributed by atoms with van der Waals surface area (Å²) in [5, 5.41) is 0. The lowest BCUT2D eigenvalue weighted by Gasteiger charge is -2.21. The first-order valence-corrected chi connectivity index (χ1v) is 8.24. The zero-order chi connectivity index (χ0) is 14.6. The van der Waals surface area contributed by atoms with Gasteiger partial charge in [0.2, 0.25) is 5.91 Å². The third-order valence-electron chi connectivity index (χ3n) is 2.33. The summed E-state index contributed by atoms with van der Waals surface area (Å²) in [5.41, 5.74) is 0. The van der Waals surface area contributed by atoms with Crippen LogP contribution in [0.3, 0.4) is 0 Å². The van der Waals surface area contributed by atoms with Crippen molar-refractivity contribution in [2.24, 2.45) is 0 Å². The number of amides is 1. The molecular weight excluding hydrogens is 310 g/mol. The molecule has 1 aromatic heterocycles. The topological polar surface area (TPSA) is 70.6 Å². The van der Waals surface area contributed by atoms with Crippen LogP contribution < -0.4 is 0 Å². The Morgan fingerprint density at radius 2 is 2.11 bits per heavy atom. The maximum Gasteiger partial charge on any atom is 0.254 e. The third kappa shape index (κ3) is 4.13. The Balaban J connectivity index is 3.01. The third-order valence-corrected chi connectivity index (χ3v) is 5.73. The van der Waals surface area contributed by atoms with Gasteiger partial charge in [-0.1, -0.05) is 29.9 Å². The molecule has 9 heteroatoms. The van der Waals surface area contributed by atoms with Crippen molar-refractivity contribution in [3.8, 4) is 0 Å². The minimum Gasteiger partial charge on any atom is -0.348 e. The van der Waals surface area contributed by atoms with Gasteiger partial charge >= 0.3 is 0 Å². The van der Waals surface area contributed by atoms with Gasteiger partial charge < -0.3 is 4.90 Å². The molecule has 19 heavy (non-hydrogen) atoms. The van der Waals surface area contributed by atoms with E-state index in [1.54, 1.807) is 14.1 Å². The van der Waals surface area contributed by atoms with E-state index in [2.05, 4.69) is 4.98 Å². The zero-order valence-electron chi connectivity index (χ0n) is 11.0. The van der Waals surface area contributed by atoms with Crippen molar-refractivity contribution >= 4 is 38.9 Å². The molecule has 0 saturated carbocycles. The van der Waals surface area contributed by atoms with E-state index in [1.807, 2.05) is 6.92 Å². The highest BCUT2D eigenvalue weighted by Crippen LogP contribution is 2.25. The van der Waals surface area contributed by atoms with Crippen LogP contribution in [-0.4, -0.2) is 55.7 Å². The van der Waals surface area contributed by atoms with Crippen molar-refractivity contribution in [1.29, 1.82) is 0 Å². The maximum absolute atomic E-state index is 12.4. The normalized spacial score (nSPS) is 11.8. The maximum atomic E-state index is 12.4. The van der Waals surface area contributed by atoms with E-state index in [9.17, 15) is 13.2 Å². The summed E-state index contributed by atoms with van der Waals surface area (Å²) in [6.07, 6.45) is 1.83. The highest BCUT2D eigenvalue weighted by Gasteiger charge is 2.28. The van der Waals surface area contributed by atoms with Crippen molar-refractivity contribution in [1.82, 2.24) is 14.2 Å². The first-order valence-electron chi connectivity index (χ1n) is 5.60. The number of rotatable bonds is 6. The minimum absolute atomic E-state index is 0.0532. The Bertz CT molecular complexity index is 542. The summed E-state index contributed by atoms with van der Waals surface area (Å²) in [4.78, 5) is 16.8. The van der Waals surface area contributed by atoms with Gasteiger partial charge in [0.15, 0.2) is 8.68 Å². The number of hydrogen-bond acceptors (Lipinski definition) is 5. The van der Waals surface area contributed by atoms with E-state index < -0.39 is 10.0 Å². The molecule has 0 bridgehead atoms. The van der Waals surface area contributed by atoms with Crippen LogP contribution >= 0.6 is 22.9 Å². The Morgan fingerprint density at radius 3 is 2.53 bits per heavy atom. The Hall–Kier alpha value is -0.700. The smallest absolute Gasteiger partial charge is 0.254 e. The molecule has 0 radical (unpaired) electrons. The molecule has 0 fully saturated rings. The van der Waals surface area contributed by atoms with Crippen molar-refractivity contribution < 1.29 is 13.2 Å². The van der Waals surface area contributed by atoms with Gasteiger partial charge in [0.05, 0.1) is 12.7 Å². The summed E-state index contributed by atoms with van der Waals surface area (Å²) in [6, 6.07) is 0. The van der Waals surface area contributed by atoms with Gasteiger partial charge in [-0.05, 0) is 6.42 Å². The van der Waals surface area contributed by atoms with Crippen molar-refractivity contribution in [3.63, 3.8) is 0 Å². The van der Waals surface area contributed by atoms with E-state index >= 15 is 0 Å². The second-order valence-corrected chi connectivity index (χ2v) is 7.84. The number of likely N-dealkylation sites (N-methyl/N-ethyl adjacent to an activating group) is 1. The van der Waals surface area contributed by atoms with Crippen LogP contribution in [0.2, 0.25) is 4.47 Å². The SMILES string of the molecule is CCCN(CC(=O)N(C)C)S(=O)(=O)c1cnc(Cl)s1. The number of sulfonamides is 1. The number of halogens is 1. The average Bonchev–Trinajstić information content (AvgIpc) is 2.75. The number of aromatic nitrogens is 1. The second kappa shape index (κ2) is 6.65. The standard InChI is InChI=1S/C10H16ClN3O3S2/c1-4-5-14(7-8(15)13(2)3)19(16,17)9-6-12-10(11)18-9/h6H,4-5,7H2,1-3H3. The highest BCUT2D eigenvalue weighted by molar-refractivity contribution is 7.91. The molecule has 1 heterocycles. The molecule has 0 aliphatic heterocycles. The molecule has 1 aromatic rings. The molecule has 0 saturated heterocycles. The minimum atomic E-state index is -3.71. The van der Waals surface area contributed by atoms with Gasteiger partial charge in [-0.15, -0.1) is 0 Å². The van der Waals surface area contributed by atoms with E-state index in [1.165, 1.54) is 11.1 Å². The van der Waals surface area contributed by atoms with Crippen LogP contribution in [0.15, 0.2) is 10.4 Å². The van der Waals surface area contributed by atoms with Gasteiger partial charge in [-0.2, -0.15) is 4.31 Å². The van der Waals surface area contributed by atoms with Gasteiger partial charge in [0.1, 0.15) is 0 Å². The summed E-state index contributed by atoms with van der Waals surface area (Å²) in [5.74, 6) is -0.271. The molecule has 6 nitrogen and oxygen atoms in total. The van der Waals surface area contributed by atoms with E-state index in [4.69, 9.17) is 11.6 Å². The summed E-state index contributed by atoms with van der Waals surface area (Å²) in [6.45, 7) is 1.94. The van der Waals surface area contributed by atoms with Gasteiger partial charge in [-0.3, -0.25) is 4.79 Å². The largest absolute Gasteiger partial charge is 0.348 e. The van der Waals surface area contributed by atoms with Crippen molar-refractivity contribution in [2.45, 2.75) is 17.6 Å². The number of thiazole rings is 1. The van der Waals surface area contributed by atoms with E-state index in [0.717, 1.165) is 15.6 Å². The first kappa shape index (κ1) is 16.4. The van der Waals surface area contributed by atoms with E-state index in [0.29, 0.717) is 6.42 Å². The predicted molar refractivity (Wildman–Crippen MR) is 74.9 cm³/mol. The highest BCUT2D eigenvalue weighted by atomic mass is 35.5. The van der Waals surface area contributed by atoms with E-state index in [-0.39, 0.29) is 27.7 Å². The molecule has 0 spiro atoms. The van der Waals surface area contributed by atoms with Gasteiger partial charge in [0.25, 0.3) is 10.0 Å². The zero-order valence-corrected chi connectivity index (χ0v) is 13.3. The summed E-state index contributed by atoms with van der Waals surface area (Å²) in [7, 11) is -0.542. The number of nitrogens with zero attached hydrogens (tertiary/aromatic N) is 3. The Kier molecular flexibility index (Phi) is 5.72. The van der Waals surface area contributed by atoms with Crippen LogP contribution in [0.25, 0.3) is 0 Å². The molecule has 0 N–H and O–H groups in total. The average molecular weight is 326 g/mol. The number of carbonyl (C=O) groups excluding carboxylic acids is 1. The summed E-state index contributed by atoms with van der Waals surface area (Å²) < 4.78 is 26.1. The van der Waals surface area contributed by atoms with Crippen LogP contribution in [-0.2, 0) is 14.8 Å². The fourth-order valence-corrected chi connectivity index (χ4v) is 4.24. The molecule has 0 unspecified atom stereocenters. The van der Waals surface area contributed by atoms with Gasteiger partial charge in [0, 0.05) is 20.6 Å². The van der Waals surface area contributed by atoms with Gasteiger partial charge in [-0.25, -0.2) is 13.4 Å². The second-order valence-electron chi connectivity index (χ2n) is 4.06. The van der Waals surface area contributed by atoms with Crippen molar-refractivity contribution in [3.05, 3.63) is 10.7 Å². The Morgan fingerprint density at radius 1 is 1.47 bits per heavy atom. The summed E-state index contributed by atoms with van der Waals surface area (Å²) >= 11 is 6.54. The molecule has 1 amide bonds. The van der Waals surface area contributed by atoms with Crippen LogP contribution in [0, 0.1) is 0 Å². The molecule has 108 valence electrons. The number of hydrogen-bond donors (Lipinski definition) is 0. The first-order chi connectivity index (χ1) is 8.78. The number of carbonyl (C=O) groups is 1. The predicted octanol–water partition coefficient (Wildman–Crippen LogP) is 1.29. The lowest BCUT2D eigenvalue weighted by molar-refractivity contribution is -0.128. The molecule has 0 atom stereocenters. The quantitative estimate of drug-likeness (QED) is 0.790. The lowest BCUT2D eigenvalue weighted by Crippen LogP contribution is -2.40. The van der Waals surface area contributed by atoms with Crippen LogP contribution in [0.5, 0.6) is 0 Å². The van der Waals surface area contributed by atoms with Crippen molar-refractivity contribution in [2.75, 3.05) is 27.2 Å². The molecule has 0 aromatic carbocycles. The fourth-order valence-electron chi connectivity index (χ4n) is 1.31. The fraction of sp³-hybridized carbons (Fsp3) is 0.600. The molecule has 1 rings (SSSR count). The molecule has 0 aliphatic carbocycles. The lowest BCUT2D eigenvalue weighted by atomic mass is 10.4. The molecular formula is C10H16ClN3O3S2. The molecule has 0 aliphatic rings.